The van der Waals surface area contributed by atoms with Crippen molar-refractivity contribution in [2.24, 2.45) is 5.73 Å². The van der Waals surface area contributed by atoms with Gasteiger partial charge < -0.3 is 15.2 Å². The molecule has 0 saturated heterocycles. The van der Waals surface area contributed by atoms with Crippen LogP contribution in [0, 0.1) is 0 Å². The van der Waals surface area contributed by atoms with E-state index in [1.54, 1.807) is 6.20 Å². The molecule has 2 aromatic rings. The number of carbonyl (C=O) groups is 3. The summed E-state index contributed by atoms with van der Waals surface area (Å²) in [6, 6.07) is 14.4. The van der Waals surface area contributed by atoms with E-state index in [1.165, 1.54) is 51.4 Å². The van der Waals surface area contributed by atoms with Crippen molar-refractivity contribution in [3.05, 3.63) is 66.0 Å². The number of benzene rings is 1. The number of nitrogens with zero attached hydrogens (tertiary/aromatic N) is 1. The highest BCUT2D eigenvalue weighted by atomic mass is 16.5. The lowest BCUT2D eigenvalue weighted by Gasteiger charge is -2.22. The first kappa shape index (κ1) is 35.9. The molecule has 0 unspecified atom stereocenters. The number of esters is 2. The van der Waals surface area contributed by atoms with Gasteiger partial charge in [-0.05, 0) is 43.4 Å². The predicted molar refractivity (Wildman–Crippen MR) is 170 cm³/mol. The van der Waals surface area contributed by atoms with Gasteiger partial charge >= 0.3 is 11.9 Å². The molecule has 1 aromatic heterocycles. The summed E-state index contributed by atoms with van der Waals surface area (Å²) in [7, 11) is 0. The van der Waals surface area contributed by atoms with Crippen molar-refractivity contribution in [2.75, 3.05) is 0 Å². The molecule has 0 fully saturated rings. The maximum Gasteiger partial charge on any atom is 0.323 e. The van der Waals surface area contributed by atoms with Crippen LogP contribution in [0.15, 0.2) is 54.7 Å². The van der Waals surface area contributed by atoms with Crippen molar-refractivity contribution < 1.29 is 23.9 Å². The van der Waals surface area contributed by atoms with E-state index >= 15 is 0 Å². The zero-order chi connectivity index (χ0) is 31.0. The molecular formula is C35H53N3O5. The Morgan fingerprint density at radius 2 is 1.47 bits per heavy atom. The molecule has 3 N–H and O–H groups in total. The SMILES string of the molecule is CCCCCCCCCCCCC[C@@H](CC(N)=O)OC(=O)[C@H](CCCC(=O)OCc1ccccc1)NCc1ccccn1. The molecule has 8 nitrogen and oxygen atoms in total. The monoisotopic (exact) mass is 595 g/mol. The second kappa shape index (κ2) is 23.2. The van der Waals surface area contributed by atoms with Crippen LogP contribution in [0.3, 0.4) is 0 Å². The number of hydrogen-bond acceptors (Lipinski definition) is 7. The van der Waals surface area contributed by atoms with E-state index in [9.17, 15) is 14.4 Å². The van der Waals surface area contributed by atoms with Crippen LogP contribution in [-0.4, -0.2) is 35.0 Å². The number of nitrogens with one attached hydrogen (secondary N) is 1. The molecule has 0 aliphatic rings. The number of ether oxygens (including phenoxy) is 2. The standard InChI is InChI=1S/C35H53N3O5/c1-2-3-4-5-6-7-8-9-10-11-15-22-31(26-33(36)39)43-35(41)32(38-27-30-21-16-17-25-37-30)23-18-24-34(40)42-28-29-19-13-12-14-20-29/h12-14,16-17,19-21,25,31-32,38H,2-11,15,18,22-24,26-28H2,1H3,(H2,36,39)/t31-,32-/m0/s1. The van der Waals surface area contributed by atoms with Crippen molar-refractivity contribution >= 4 is 17.8 Å². The lowest BCUT2D eigenvalue weighted by molar-refractivity contribution is -0.154. The van der Waals surface area contributed by atoms with E-state index in [0.29, 0.717) is 25.8 Å². The fourth-order valence-electron chi connectivity index (χ4n) is 5.00. The first-order valence-electron chi connectivity index (χ1n) is 16.3. The molecule has 0 aliphatic heterocycles. The van der Waals surface area contributed by atoms with Crippen LogP contribution in [0.5, 0.6) is 0 Å². The molecule has 1 heterocycles. The van der Waals surface area contributed by atoms with Crippen LogP contribution in [0.1, 0.15) is 121 Å². The number of carbonyl (C=O) groups excluding carboxylic acids is 3. The van der Waals surface area contributed by atoms with Gasteiger partial charge in [0, 0.05) is 19.2 Å². The zero-order valence-corrected chi connectivity index (χ0v) is 26.1. The first-order chi connectivity index (χ1) is 21.0. The predicted octanol–water partition coefficient (Wildman–Crippen LogP) is 6.94. The topological polar surface area (TPSA) is 121 Å². The Balaban J connectivity index is 1.80. The Morgan fingerprint density at radius 3 is 2.09 bits per heavy atom. The summed E-state index contributed by atoms with van der Waals surface area (Å²) in [6.07, 6.45) is 16.2. The summed E-state index contributed by atoms with van der Waals surface area (Å²) >= 11 is 0. The van der Waals surface area contributed by atoms with E-state index in [0.717, 1.165) is 30.5 Å². The minimum atomic E-state index is -0.656. The number of pyridine rings is 1. The number of nitrogens with two attached hydrogens (primary N) is 1. The molecule has 43 heavy (non-hydrogen) atoms. The lowest BCUT2D eigenvalue weighted by Crippen LogP contribution is -2.40. The Morgan fingerprint density at radius 1 is 0.814 bits per heavy atom. The largest absolute Gasteiger partial charge is 0.461 e. The fraction of sp³-hybridized carbons (Fsp3) is 0.600. The van der Waals surface area contributed by atoms with Crippen molar-refractivity contribution in [1.29, 1.82) is 0 Å². The second-order valence-corrected chi connectivity index (χ2v) is 11.3. The highest BCUT2D eigenvalue weighted by Gasteiger charge is 2.25. The molecule has 0 radical (unpaired) electrons. The molecule has 8 heteroatoms. The van der Waals surface area contributed by atoms with E-state index in [1.807, 2.05) is 48.5 Å². The van der Waals surface area contributed by atoms with Crippen molar-refractivity contribution in [3.8, 4) is 0 Å². The number of primary amides is 1. The Kier molecular flexibility index (Phi) is 19.4. The van der Waals surface area contributed by atoms with Gasteiger partial charge in [0.25, 0.3) is 0 Å². The van der Waals surface area contributed by atoms with E-state index in [4.69, 9.17) is 15.2 Å². The number of hydrogen-bond donors (Lipinski definition) is 2. The normalized spacial score (nSPS) is 12.4. The van der Waals surface area contributed by atoms with Gasteiger partial charge in [-0.15, -0.1) is 0 Å². The number of rotatable bonds is 25. The summed E-state index contributed by atoms with van der Waals surface area (Å²) < 4.78 is 11.2. The summed E-state index contributed by atoms with van der Waals surface area (Å²) in [4.78, 5) is 41.6. The number of unbranched alkanes of at least 4 members (excludes halogenated alkanes) is 10. The van der Waals surface area contributed by atoms with Crippen molar-refractivity contribution in [1.82, 2.24) is 10.3 Å². The quantitative estimate of drug-likeness (QED) is 0.0942. The number of aromatic nitrogens is 1. The van der Waals surface area contributed by atoms with Crippen LogP contribution in [-0.2, 0) is 37.0 Å². The third kappa shape index (κ3) is 18.1. The highest BCUT2D eigenvalue weighted by Crippen LogP contribution is 2.16. The molecule has 1 amide bonds. The second-order valence-electron chi connectivity index (χ2n) is 11.3. The van der Waals surface area contributed by atoms with Gasteiger partial charge in [-0.25, -0.2) is 0 Å². The molecule has 0 saturated carbocycles. The summed E-state index contributed by atoms with van der Waals surface area (Å²) in [6.45, 7) is 2.83. The lowest BCUT2D eigenvalue weighted by atomic mass is 10.0. The molecular weight excluding hydrogens is 542 g/mol. The van der Waals surface area contributed by atoms with Crippen LogP contribution in [0.25, 0.3) is 0 Å². The molecule has 2 atom stereocenters. The minimum absolute atomic E-state index is 0.00225. The average molecular weight is 596 g/mol. The maximum atomic E-state index is 13.3. The van der Waals surface area contributed by atoms with E-state index in [-0.39, 0.29) is 25.4 Å². The first-order valence-corrected chi connectivity index (χ1v) is 16.3. The fourth-order valence-corrected chi connectivity index (χ4v) is 5.00. The van der Waals surface area contributed by atoms with E-state index in [2.05, 4.69) is 17.2 Å². The van der Waals surface area contributed by atoms with Gasteiger partial charge in [-0.3, -0.25) is 24.7 Å². The van der Waals surface area contributed by atoms with Gasteiger partial charge in [-0.2, -0.15) is 0 Å². The summed E-state index contributed by atoms with van der Waals surface area (Å²) in [5.41, 5.74) is 7.20. The van der Waals surface area contributed by atoms with Crippen LogP contribution in [0.4, 0.5) is 0 Å². The summed E-state index contributed by atoms with van der Waals surface area (Å²) in [5.74, 6) is -1.24. The van der Waals surface area contributed by atoms with Crippen LogP contribution < -0.4 is 11.1 Å². The molecule has 2 rings (SSSR count). The Labute approximate surface area is 258 Å². The smallest absolute Gasteiger partial charge is 0.323 e. The van der Waals surface area contributed by atoms with E-state index < -0.39 is 24.0 Å². The zero-order valence-electron chi connectivity index (χ0n) is 26.1. The maximum absolute atomic E-state index is 13.3. The van der Waals surface area contributed by atoms with Gasteiger partial charge in [-0.1, -0.05) is 108 Å². The molecule has 238 valence electrons. The number of amides is 1. The van der Waals surface area contributed by atoms with Crippen LogP contribution >= 0.6 is 0 Å². The van der Waals surface area contributed by atoms with Crippen LogP contribution in [0.2, 0.25) is 0 Å². The molecule has 0 aliphatic carbocycles. The molecule has 1 aromatic carbocycles. The highest BCUT2D eigenvalue weighted by molar-refractivity contribution is 5.78. The molecule has 0 bridgehead atoms. The van der Waals surface area contributed by atoms with Gasteiger partial charge in [0.2, 0.25) is 5.91 Å². The van der Waals surface area contributed by atoms with Crippen molar-refractivity contribution in [3.63, 3.8) is 0 Å². The Bertz CT molecular complexity index is 1020. The van der Waals surface area contributed by atoms with Gasteiger partial charge in [0.15, 0.2) is 0 Å². The van der Waals surface area contributed by atoms with Gasteiger partial charge in [0.1, 0.15) is 18.8 Å². The third-order valence-corrected chi connectivity index (χ3v) is 7.50. The third-order valence-electron chi connectivity index (χ3n) is 7.50. The minimum Gasteiger partial charge on any atom is -0.461 e. The molecule has 0 spiro atoms. The summed E-state index contributed by atoms with van der Waals surface area (Å²) in [5, 5.41) is 3.23. The average Bonchev–Trinajstić information content (AvgIpc) is 3.01. The van der Waals surface area contributed by atoms with Gasteiger partial charge in [0.05, 0.1) is 12.1 Å². The Hall–Kier alpha value is -3.26. The van der Waals surface area contributed by atoms with Crippen molar-refractivity contribution in [2.45, 2.75) is 135 Å².